The molecule has 6 nitrogen and oxygen atoms in total. The van der Waals surface area contributed by atoms with E-state index in [0.717, 1.165) is 19.5 Å². The number of aromatic nitrogens is 2. The van der Waals surface area contributed by atoms with E-state index in [-0.39, 0.29) is 5.56 Å². The smallest absolute Gasteiger partial charge is 0.339 e. The Labute approximate surface area is 101 Å². The summed E-state index contributed by atoms with van der Waals surface area (Å²) in [5.74, 6) is -0.982. The molecule has 0 aliphatic heterocycles. The number of carboxylic acid groups (broad SMARTS) is 1. The highest BCUT2D eigenvalue weighted by atomic mass is 16.4. The molecule has 17 heavy (non-hydrogen) atoms. The van der Waals surface area contributed by atoms with Gasteiger partial charge < -0.3 is 15.3 Å². The first-order valence-electron chi connectivity index (χ1n) is 5.50. The first kappa shape index (κ1) is 13.5. The number of hydrogen-bond donors (Lipinski definition) is 2. The molecule has 0 aromatic carbocycles. The minimum Gasteiger partial charge on any atom is -0.478 e. The number of aromatic carboxylic acids is 1. The van der Waals surface area contributed by atoms with E-state index in [1.54, 1.807) is 0 Å². The molecule has 1 rings (SSSR count). The van der Waals surface area contributed by atoms with Crippen LogP contribution in [0.4, 0.5) is 0 Å². The Balaban J connectivity index is 2.58. The number of carboxylic acids is 1. The third-order valence-electron chi connectivity index (χ3n) is 2.41. The molecule has 1 heterocycles. The van der Waals surface area contributed by atoms with Crippen LogP contribution in [0.15, 0.2) is 12.5 Å². The van der Waals surface area contributed by atoms with Gasteiger partial charge in [0.1, 0.15) is 11.9 Å². The highest BCUT2D eigenvalue weighted by Gasteiger charge is 2.12. The Kier molecular flexibility index (Phi) is 5.51. The van der Waals surface area contributed by atoms with Crippen molar-refractivity contribution in [1.29, 1.82) is 0 Å². The molecule has 0 saturated heterocycles. The molecule has 0 aliphatic rings. The zero-order chi connectivity index (χ0) is 12.7. The number of nitrogens with zero attached hydrogens (tertiary/aromatic N) is 3. The Morgan fingerprint density at radius 3 is 3.00 bits per heavy atom. The summed E-state index contributed by atoms with van der Waals surface area (Å²) in [5, 5.41) is 12.1. The van der Waals surface area contributed by atoms with Gasteiger partial charge in [-0.25, -0.2) is 14.8 Å². The van der Waals surface area contributed by atoms with E-state index >= 15 is 0 Å². The first-order chi connectivity index (χ1) is 8.15. The van der Waals surface area contributed by atoms with Crippen molar-refractivity contribution in [2.24, 2.45) is 0 Å². The van der Waals surface area contributed by atoms with Gasteiger partial charge in [0.2, 0.25) is 0 Å². The van der Waals surface area contributed by atoms with Crippen LogP contribution in [0.5, 0.6) is 0 Å². The normalized spacial score (nSPS) is 10.8. The van der Waals surface area contributed by atoms with Crippen LogP contribution in [0.2, 0.25) is 0 Å². The quantitative estimate of drug-likeness (QED) is 0.661. The predicted octanol–water partition coefficient (Wildman–Crippen LogP) is 0.216. The van der Waals surface area contributed by atoms with Gasteiger partial charge in [-0.1, -0.05) is 0 Å². The van der Waals surface area contributed by atoms with Crippen LogP contribution in [-0.2, 0) is 6.54 Å². The van der Waals surface area contributed by atoms with Gasteiger partial charge in [-0.3, -0.25) is 0 Å². The number of rotatable bonds is 7. The molecule has 0 radical (unpaired) electrons. The molecule has 0 atom stereocenters. The maximum Gasteiger partial charge on any atom is 0.339 e. The summed E-state index contributed by atoms with van der Waals surface area (Å²) in [6.07, 6.45) is 3.73. The zero-order valence-electron chi connectivity index (χ0n) is 10.2. The molecule has 0 fully saturated rings. The summed E-state index contributed by atoms with van der Waals surface area (Å²) in [7, 11) is 3.86. The van der Waals surface area contributed by atoms with Crippen LogP contribution in [0.3, 0.4) is 0 Å². The van der Waals surface area contributed by atoms with E-state index in [0.29, 0.717) is 12.2 Å². The van der Waals surface area contributed by atoms with Crippen molar-refractivity contribution in [2.75, 3.05) is 27.2 Å². The lowest BCUT2D eigenvalue weighted by Crippen LogP contribution is -2.24. The van der Waals surface area contributed by atoms with Gasteiger partial charge >= 0.3 is 5.97 Å². The maximum atomic E-state index is 11.0. The zero-order valence-corrected chi connectivity index (χ0v) is 10.2. The molecule has 94 valence electrons. The lowest BCUT2D eigenvalue weighted by Gasteiger charge is -2.16. The molecule has 0 spiro atoms. The predicted molar refractivity (Wildman–Crippen MR) is 63.9 cm³/mol. The number of nitrogens with one attached hydrogen (secondary N) is 1. The Morgan fingerprint density at radius 2 is 2.35 bits per heavy atom. The fraction of sp³-hybridized carbons (Fsp3) is 0.545. The SMILES string of the molecule is CNCCCN(C)Cc1ncncc1C(=O)O. The molecular formula is C11H18N4O2. The molecular weight excluding hydrogens is 220 g/mol. The summed E-state index contributed by atoms with van der Waals surface area (Å²) >= 11 is 0. The Bertz CT molecular complexity index is 370. The molecule has 0 unspecified atom stereocenters. The summed E-state index contributed by atoms with van der Waals surface area (Å²) in [6, 6.07) is 0. The monoisotopic (exact) mass is 238 g/mol. The second kappa shape index (κ2) is 6.93. The minimum absolute atomic E-state index is 0.174. The van der Waals surface area contributed by atoms with Crippen LogP contribution in [0, 0.1) is 0 Å². The molecule has 0 amide bonds. The first-order valence-corrected chi connectivity index (χ1v) is 5.50. The van der Waals surface area contributed by atoms with Gasteiger partial charge in [0.25, 0.3) is 0 Å². The van der Waals surface area contributed by atoms with Crippen LogP contribution in [-0.4, -0.2) is 53.1 Å². The van der Waals surface area contributed by atoms with Crippen LogP contribution in [0.25, 0.3) is 0 Å². The van der Waals surface area contributed by atoms with Crippen LogP contribution >= 0.6 is 0 Å². The van der Waals surface area contributed by atoms with Crippen molar-refractivity contribution in [3.63, 3.8) is 0 Å². The molecule has 2 N–H and O–H groups in total. The minimum atomic E-state index is -0.982. The van der Waals surface area contributed by atoms with Crippen molar-refractivity contribution in [1.82, 2.24) is 20.2 Å². The highest BCUT2D eigenvalue weighted by Crippen LogP contribution is 2.06. The van der Waals surface area contributed by atoms with Gasteiger partial charge in [0, 0.05) is 12.7 Å². The van der Waals surface area contributed by atoms with Gasteiger partial charge in [0.05, 0.1) is 5.69 Å². The molecule has 1 aromatic heterocycles. The Morgan fingerprint density at radius 1 is 1.59 bits per heavy atom. The summed E-state index contributed by atoms with van der Waals surface area (Å²) < 4.78 is 0. The molecule has 0 saturated carbocycles. The molecule has 1 aromatic rings. The van der Waals surface area contributed by atoms with E-state index in [2.05, 4.69) is 15.3 Å². The van der Waals surface area contributed by atoms with E-state index in [1.807, 2.05) is 19.0 Å². The van der Waals surface area contributed by atoms with Gasteiger partial charge in [0.15, 0.2) is 0 Å². The van der Waals surface area contributed by atoms with Crippen LogP contribution < -0.4 is 5.32 Å². The van der Waals surface area contributed by atoms with E-state index < -0.39 is 5.97 Å². The molecule has 0 bridgehead atoms. The lowest BCUT2D eigenvalue weighted by atomic mass is 10.2. The number of hydrogen-bond acceptors (Lipinski definition) is 5. The Hall–Kier alpha value is -1.53. The fourth-order valence-electron chi connectivity index (χ4n) is 1.52. The van der Waals surface area contributed by atoms with E-state index in [1.165, 1.54) is 12.5 Å². The average Bonchev–Trinajstić information content (AvgIpc) is 2.29. The van der Waals surface area contributed by atoms with Gasteiger partial charge in [-0.2, -0.15) is 0 Å². The third kappa shape index (κ3) is 4.46. The number of carbonyl (C=O) groups is 1. The van der Waals surface area contributed by atoms with Crippen molar-refractivity contribution in [2.45, 2.75) is 13.0 Å². The summed E-state index contributed by atoms with van der Waals surface area (Å²) in [6.45, 7) is 2.36. The van der Waals surface area contributed by atoms with Crippen LogP contribution in [0.1, 0.15) is 22.5 Å². The van der Waals surface area contributed by atoms with Gasteiger partial charge in [-0.05, 0) is 33.6 Å². The second-order valence-electron chi connectivity index (χ2n) is 3.88. The third-order valence-corrected chi connectivity index (χ3v) is 2.41. The van der Waals surface area contributed by atoms with Crippen molar-refractivity contribution < 1.29 is 9.90 Å². The standard InChI is InChI=1S/C11H18N4O2/c1-12-4-3-5-15(2)7-10-9(11(16)17)6-13-8-14-10/h6,8,12H,3-5,7H2,1-2H3,(H,16,17). The fourth-order valence-corrected chi connectivity index (χ4v) is 1.52. The lowest BCUT2D eigenvalue weighted by molar-refractivity contribution is 0.0693. The summed E-state index contributed by atoms with van der Waals surface area (Å²) in [5.41, 5.74) is 0.729. The van der Waals surface area contributed by atoms with Gasteiger partial charge in [-0.15, -0.1) is 0 Å². The largest absolute Gasteiger partial charge is 0.478 e. The average molecular weight is 238 g/mol. The van der Waals surface area contributed by atoms with E-state index in [4.69, 9.17) is 5.11 Å². The van der Waals surface area contributed by atoms with E-state index in [9.17, 15) is 4.79 Å². The molecule has 0 aliphatic carbocycles. The molecule has 6 heteroatoms. The van der Waals surface area contributed by atoms with Crippen molar-refractivity contribution in [3.05, 3.63) is 23.8 Å². The highest BCUT2D eigenvalue weighted by molar-refractivity contribution is 5.88. The second-order valence-corrected chi connectivity index (χ2v) is 3.88. The van der Waals surface area contributed by atoms with Crippen molar-refractivity contribution in [3.8, 4) is 0 Å². The topological polar surface area (TPSA) is 78.3 Å². The van der Waals surface area contributed by atoms with Crippen molar-refractivity contribution >= 4 is 5.97 Å². The summed E-state index contributed by atoms with van der Waals surface area (Å²) in [4.78, 5) is 20.8. The maximum absolute atomic E-state index is 11.0.